The molecule has 8 nitrogen and oxygen atoms in total. The highest BCUT2D eigenvalue weighted by atomic mass is 28.3. The topological polar surface area (TPSA) is 111 Å². The molecule has 154 valence electrons. The summed E-state index contributed by atoms with van der Waals surface area (Å²) in [5.74, 6) is 0.755. The molecule has 1 aliphatic heterocycles. The average molecular weight is 398 g/mol. The largest absolute Gasteiger partial charge is 0.444 e. The zero-order valence-electron chi connectivity index (χ0n) is 17.6. The van der Waals surface area contributed by atoms with Crippen LogP contribution in [-0.2, 0) is 9.47 Å². The van der Waals surface area contributed by atoms with Gasteiger partial charge in [-0.2, -0.15) is 0 Å². The smallest absolute Gasteiger partial charge is 0.407 e. The molecule has 3 N–H and O–H groups in total. The molecule has 1 heterocycles. The van der Waals surface area contributed by atoms with Crippen LogP contribution in [0.5, 0.6) is 0 Å². The Balaban J connectivity index is 2.33. The summed E-state index contributed by atoms with van der Waals surface area (Å²) in [5.41, 5.74) is -0.501. The number of rotatable bonds is 10. The molecule has 0 aromatic heterocycles. The van der Waals surface area contributed by atoms with Gasteiger partial charge in [0.2, 0.25) is 0 Å². The standard InChI is InChI=1S/C18H35N5O3Si/c1-18(2,3)26-17(24)21-10-8-7-9-14-22-15(19)16(20)23(14)13-25-11-12-27(4,5)6/h19-20H,7-13H2,1-6H3,(H,21,24). The third-order valence-corrected chi connectivity index (χ3v) is 5.46. The first-order valence-electron chi connectivity index (χ1n) is 9.46. The SMILES string of the molecule is CC(C)(C)OC(=O)NCCCCC1=NC(=N)C(=N)N1COCC[Si](C)(C)C. The lowest BCUT2D eigenvalue weighted by Crippen LogP contribution is -2.36. The zero-order chi connectivity index (χ0) is 20.7. The van der Waals surface area contributed by atoms with Crippen molar-refractivity contribution < 1.29 is 14.3 Å². The van der Waals surface area contributed by atoms with E-state index < -0.39 is 19.8 Å². The van der Waals surface area contributed by atoms with E-state index in [0.29, 0.717) is 25.4 Å². The maximum Gasteiger partial charge on any atom is 0.407 e. The quantitative estimate of drug-likeness (QED) is 0.386. The van der Waals surface area contributed by atoms with Gasteiger partial charge in [-0.05, 0) is 39.7 Å². The van der Waals surface area contributed by atoms with Gasteiger partial charge in [-0.1, -0.05) is 19.6 Å². The molecule has 0 atom stereocenters. The second-order valence-electron chi connectivity index (χ2n) is 8.89. The van der Waals surface area contributed by atoms with E-state index in [1.165, 1.54) is 0 Å². The fourth-order valence-electron chi connectivity index (χ4n) is 2.28. The highest BCUT2D eigenvalue weighted by Gasteiger charge is 2.27. The molecule has 1 amide bonds. The number of carbonyl (C=O) groups excluding carboxylic acids is 1. The highest BCUT2D eigenvalue weighted by molar-refractivity contribution is 6.76. The second-order valence-corrected chi connectivity index (χ2v) is 14.5. The number of hydrogen-bond acceptors (Lipinski definition) is 5. The van der Waals surface area contributed by atoms with Gasteiger partial charge in [-0.25, -0.2) is 9.79 Å². The number of amides is 1. The van der Waals surface area contributed by atoms with Crippen molar-refractivity contribution in [1.82, 2.24) is 10.2 Å². The van der Waals surface area contributed by atoms with Gasteiger partial charge in [0.1, 0.15) is 18.2 Å². The number of alkyl carbamates (subject to hydrolysis) is 1. The first kappa shape index (κ1) is 23.3. The molecule has 0 unspecified atom stereocenters. The third-order valence-electron chi connectivity index (χ3n) is 3.76. The average Bonchev–Trinajstić information content (AvgIpc) is 2.75. The number of carbonyl (C=O) groups is 1. The van der Waals surface area contributed by atoms with Crippen molar-refractivity contribution in [2.75, 3.05) is 19.9 Å². The highest BCUT2D eigenvalue weighted by Crippen LogP contribution is 2.13. The molecule has 1 aliphatic rings. The van der Waals surface area contributed by atoms with Crippen LogP contribution in [0.1, 0.15) is 40.0 Å². The van der Waals surface area contributed by atoms with Crippen LogP contribution in [0.25, 0.3) is 0 Å². The van der Waals surface area contributed by atoms with E-state index in [1.807, 2.05) is 20.8 Å². The summed E-state index contributed by atoms with van der Waals surface area (Å²) >= 11 is 0. The Morgan fingerprint density at radius 2 is 1.89 bits per heavy atom. The van der Waals surface area contributed by atoms with Crippen LogP contribution in [0, 0.1) is 10.8 Å². The van der Waals surface area contributed by atoms with Crippen LogP contribution in [0.4, 0.5) is 4.79 Å². The molecular formula is C18H35N5O3Si. The summed E-state index contributed by atoms with van der Waals surface area (Å²) in [4.78, 5) is 17.4. The van der Waals surface area contributed by atoms with E-state index in [2.05, 4.69) is 30.0 Å². The number of nitrogens with one attached hydrogen (secondary N) is 3. The normalized spacial score (nSPS) is 15.2. The molecule has 0 fully saturated rings. The minimum atomic E-state index is -1.15. The Bertz CT molecular complexity index is 579. The van der Waals surface area contributed by atoms with E-state index in [9.17, 15) is 4.79 Å². The molecule has 9 heteroatoms. The van der Waals surface area contributed by atoms with Crippen molar-refractivity contribution in [3.05, 3.63) is 0 Å². The summed E-state index contributed by atoms with van der Waals surface area (Å²) in [6, 6.07) is 1.06. The van der Waals surface area contributed by atoms with E-state index in [1.54, 1.807) is 4.90 Å². The zero-order valence-corrected chi connectivity index (χ0v) is 18.6. The number of unbranched alkanes of at least 4 members (excludes halogenated alkanes) is 1. The van der Waals surface area contributed by atoms with Crippen molar-refractivity contribution >= 4 is 31.7 Å². The van der Waals surface area contributed by atoms with Crippen LogP contribution in [-0.4, -0.2) is 62.1 Å². The van der Waals surface area contributed by atoms with E-state index >= 15 is 0 Å². The summed E-state index contributed by atoms with van der Waals surface area (Å²) in [6.45, 7) is 13.8. The van der Waals surface area contributed by atoms with Gasteiger partial charge < -0.3 is 14.8 Å². The van der Waals surface area contributed by atoms with Gasteiger partial charge >= 0.3 is 6.09 Å². The summed E-state index contributed by atoms with van der Waals surface area (Å²) in [6.07, 6.45) is 1.78. The molecule has 0 radical (unpaired) electrons. The van der Waals surface area contributed by atoms with Crippen molar-refractivity contribution in [2.24, 2.45) is 4.99 Å². The molecule has 0 saturated carbocycles. The monoisotopic (exact) mass is 397 g/mol. The Morgan fingerprint density at radius 1 is 1.22 bits per heavy atom. The Labute approximate surface area is 163 Å². The molecule has 0 aromatic carbocycles. The summed E-state index contributed by atoms with van der Waals surface area (Å²) in [5, 5.41) is 18.5. The molecule has 0 aliphatic carbocycles. The molecule has 0 bridgehead atoms. The lowest BCUT2D eigenvalue weighted by molar-refractivity contribution is 0.0527. The number of nitrogens with zero attached hydrogens (tertiary/aromatic N) is 2. The lowest BCUT2D eigenvalue weighted by Gasteiger charge is -2.21. The number of ether oxygens (including phenoxy) is 2. The first-order chi connectivity index (χ1) is 12.4. The number of aliphatic imine (C=N–C) groups is 1. The van der Waals surface area contributed by atoms with Gasteiger partial charge in [-0.15, -0.1) is 0 Å². The van der Waals surface area contributed by atoms with Crippen LogP contribution in [0.2, 0.25) is 25.7 Å². The van der Waals surface area contributed by atoms with Gasteiger partial charge in [0.05, 0.1) is 0 Å². The van der Waals surface area contributed by atoms with Crippen molar-refractivity contribution in [1.29, 1.82) is 10.8 Å². The van der Waals surface area contributed by atoms with Crippen molar-refractivity contribution in [3.63, 3.8) is 0 Å². The van der Waals surface area contributed by atoms with E-state index in [-0.39, 0.29) is 18.4 Å². The summed E-state index contributed by atoms with van der Waals surface area (Å²) < 4.78 is 10.9. The Morgan fingerprint density at radius 3 is 2.48 bits per heavy atom. The Hall–Kier alpha value is -1.74. The minimum Gasteiger partial charge on any atom is -0.444 e. The van der Waals surface area contributed by atoms with Crippen LogP contribution >= 0.6 is 0 Å². The van der Waals surface area contributed by atoms with E-state index in [4.69, 9.17) is 20.3 Å². The molecule has 0 spiro atoms. The maximum absolute atomic E-state index is 11.6. The fourth-order valence-corrected chi connectivity index (χ4v) is 3.03. The van der Waals surface area contributed by atoms with Gasteiger partial charge in [0, 0.05) is 27.6 Å². The second kappa shape index (κ2) is 9.98. The van der Waals surface area contributed by atoms with E-state index in [0.717, 1.165) is 18.9 Å². The molecule has 0 saturated heterocycles. The summed E-state index contributed by atoms with van der Waals surface area (Å²) in [7, 11) is -1.15. The van der Waals surface area contributed by atoms with Gasteiger partial charge in [0.15, 0.2) is 11.7 Å². The molecular weight excluding hydrogens is 362 g/mol. The minimum absolute atomic E-state index is 0.0225. The first-order valence-corrected chi connectivity index (χ1v) is 13.2. The third kappa shape index (κ3) is 9.67. The predicted molar refractivity (Wildman–Crippen MR) is 112 cm³/mol. The number of hydrogen-bond donors (Lipinski definition) is 3. The van der Waals surface area contributed by atoms with Crippen LogP contribution < -0.4 is 5.32 Å². The number of amidine groups is 3. The Kier molecular flexibility index (Phi) is 8.61. The van der Waals surface area contributed by atoms with Crippen molar-refractivity contribution in [3.8, 4) is 0 Å². The van der Waals surface area contributed by atoms with Crippen LogP contribution in [0.3, 0.4) is 0 Å². The van der Waals surface area contributed by atoms with Crippen LogP contribution in [0.15, 0.2) is 4.99 Å². The maximum atomic E-state index is 11.6. The molecule has 27 heavy (non-hydrogen) atoms. The molecule has 0 aromatic rings. The molecule has 1 rings (SSSR count). The van der Waals surface area contributed by atoms with Crippen molar-refractivity contribution in [2.45, 2.75) is 71.3 Å². The lowest BCUT2D eigenvalue weighted by atomic mass is 10.2. The predicted octanol–water partition coefficient (Wildman–Crippen LogP) is 3.66. The fraction of sp³-hybridized carbons (Fsp3) is 0.778. The van der Waals surface area contributed by atoms with Gasteiger partial charge in [0.25, 0.3) is 0 Å². The van der Waals surface area contributed by atoms with Gasteiger partial charge in [-0.3, -0.25) is 15.7 Å².